The lowest BCUT2D eigenvalue weighted by atomic mass is 10.1. The molecule has 1 aromatic rings. The van der Waals surface area contributed by atoms with E-state index in [1.165, 1.54) is 0 Å². The Morgan fingerprint density at radius 2 is 1.75 bits per heavy atom. The van der Waals surface area contributed by atoms with Gasteiger partial charge in [-0.2, -0.15) is 0 Å². The molecule has 16 heavy (non-hydrogen) atoms. The maximum absolute atomic E-state index is 9.42. The summed E-state index contributed by atoms with van der Waals surface area (Å²) in [4.78, 5) is 0. The lowest BCUT2D eigenvalue weighted by molar-refractivity contribution is 0.0904. The summed E-state index contributed by atoms with van der Waals surface area (Å²) in [5.74, 6) is -0.0686. The first-order chi connectivity index (χ1) is 7.66. The molecule has 0 atom stereocenters. The predicted octanol–water partition coefficient (Wildman–Crippen LogP) is 3.29. The predicted molar refractivity (Wildman–Crippen MR) is 65.6 cm³/mol. The highest BCUT2D eigenvalue weighted by Gasteiger charge is 2.14. The van der Waals surface area contributed by atoms with Gasteiger partial charge in [-0.1, -0.05) is 23.2 Å². The van der Waals surface area contributed by atoms with Crippen LogP contribution in [0.2, 0.25) is 10.0 Å². The van der Waals surface area contributed by atoms with E-state index in [-0.39, 0.29) is 15.8 Å². The molecule has 1 fully saturated rings. The van der Waals surface area contributed by atoms with Gasteiger partial charge in [-0.05, 0) is 25.0 Å². The zero-order valence-electron chi connectivity index (χ0n) is 8.67. The van der Waals surface area contributed by atoms with Crippen LogP contribution in [0.3, 0.4) is 0 Å². The van der Waals surface area contributed by atoms with E-state index in [9.17, 15) is 5.11 Å². The maximum atomic E-state index is 9.42. The SMILES string of the molecule is Oc1c(Cl)cc(NC2CCOCC2)cc1Cl. The third-order valence-corrected chi connectivity index (χ3v) is 3.19. The van der Waals surface area contributed by atoms with Crippen LogP contribution in [-0.4, -0.2) is 24.4 Å². The average Bonchev–Trinajstić information content (AvgIpc) is 2.27. The van der Waals surface area contributed by atoms with Gasteiger partial charge in [-0.15, -0.1) is 0 Å². The molecule has 3 nitrogen and oxygen atoms in total. The normalized spacial score (nSPS) is 17.4. The topological polar surface area (TPSA) is 41.5 Å². The Balaban J connectivity index is 2.09. The van der Waals surface area contributed by atoms with Crippen LogP contribution in [0.25, 0.3) is 0 Å². The summed E-state index contributed by atoms with van der Waals surface area (Å²) in [7, 11) is 0. The summed E-state index contributed by atoms with van der Waals surface area (Å²) in [5, 5.41) is 13.3. The van der Waals surface area contributed by atoms with Gasteiger partial charge in [0.05, 0.1) is 10.0 Å². The third-order valence-electron chi connectivity index (χ3n) is 2.61. The smallest absolute Gasteiger partial charge is 0.152 e. The van der Waals surface area contributed by atoms with Crippen LogP contribution >= 0.6 is 23.2 Å². The van der Waals surface area contributed by atoms with Crippen LogP contribution in [0.15, 0.2) is 12.1 Å². The van der Waals surface area contributed by atoms with Crippen molar-refractivity contribution in [1.29, 1.82) is 0 Å². The van der Waals surface area contributed by atoms with E-state index in [4.69, 9.17) is 27.9 Å². The Kier molecular flexibility index (Phi) is 3.79. The summed E-state index contributed by atoms with van der Waals surface area (Å²) in [6.07, 6.45) is 1.94. The molecule has 1 aromatic carbocycles. The Morgan fingerprint density at radius 3 is 2.31 bits per heavy atom. The lowest BCUT2D eigenvalue weighted by Crippen LogP contribution is -2.27. The van der Waals surface area contributed by atoms with E-state index in [2.05, 4.69) is 5.32 Å². The standard InChI is InChI=1S/C11H13Cl2NO2/c12-9-5-8(6-10(13)11(9)15)14-7-1-3-16-4-2-7/h5-7,14-15H,1-4H2. The molecule has 1 heterocycles. The van der Waals surface area contributed by atoms with Gasteiger partial charge >= 0.3 is 0 Å². The molecule has 0 saturated carbocycles. The van der Waals surface area contributed by atoms with Crippen molar-refractivity contribution in [2.75, 3.05) is 18.5 Å². The van der Waals surface area contributed by atoms with Gasteiger partial charge in [0.1, 0.15) is 0 Å². The first-order valence-corrected chi connectivity index (χ1v) is 5.94. The molecule has 2 N–H and O–H groups in total. The highest BCUT2D eigenvalue weighted by molar-refractivity contribution is 6.37. The number of benzene rings is 1. The van der Waals surface area contributed by atoms with Crippen LogP contribution in [0.4, 0.5) is 5.69 Å². The fraction of sp³-hybridized carbons (Fsp3) is 0.455. The molecule has 0 bridgehead atoms. The molecule has 88 valence electrons. The van der Waals surface area contributed by atoms with E-state index >= 15 is 0 Å². The third kappa shape index (κ3) is 2.73. The van der Waals surface area contributed by atoms with E-state index in [0.717, 1.165) is 31.7 Å². The average molecular weight is 262 g/mol. The van der Waals surface area contributed by atoms with Crippen molar-refractivity contribution in [2.24, 2.45) is 0 Å². The number of rotatable bonds is 2. The summed E-state index contributed by atoms with van der Waals surface area (Å²) in [5.41, 5.74) is 0.833. The number of phenols is 1. The van der Waals surface area contributed by atoms with Crippen molar-refractivity contribution in [3.63, 3.8) is 0 Å². The molecule has 0 aliphatic carbocycles. The number of phenolic OH excluding ortho intramolecular Hbond substituents is 1. The van der Waals surface area contributed by atoms with Crippen molar-refractivity contribution in [1.82, 2.24) is 0 Å². The van der Waals surface area contributed by atoms with E-state index in [1.54, 1.807) is 12.1 Å². The fourth-order valence-electron chi connectivity index (χ4n) is 1.73. The number of hydrogen-bond acceptors (Lipinski definition) is 3. The number of aromatic hydroxyl groups is 1. The Bertz CT molecular complexity index is 355. The van der Waals surface area contributed by atoms with Gasteiger partial charge in [0.2, 0.25) is 0 Å². The largest absolute Gasteiger partial charge is 0.505 e. The molecule has 0 amide bonds. The zero-order valence-corrected chi connectivity index (χ0v) is 10.2. The minimum atomic E-state index is -0.0686. The van der Waals surface area contributed by atoms with Crippen LogP contribution in [0.5, 0.6) is 5.75 Å². The second-order valence-electron chi connectivity index (χ2n) is 3.82. The molecule has 0 radical (unpaired) electrons. The molecule has 1 aliphatic rings. The van der Waals surface area contributed by atoms with Crippen molar-refractivity contribution in [3.8, 4) is 5.75 Å². The Hall–Kier alpha value is -0.640. The highest BCUT2D eigenvalue weighted by atomic mass is 35.5. The minimum Gasteiger partial charge on any atom is -0.505 e. The Morgan fingerprint density at radius 1 is 1.19 bits per heavy atom. The quantitative estimate of drug-likeness (QED) is 0.803. The van der Waals surface area contributed by atoms with Gasteiger partial charge in [-0.3, -0.25) is 0 Å². The molecule has 0 spiro atoms. The van der Waals surface area contributed by atoms with E-state index in [1.807, 2.05) is 0 Å². The van der Waals surface area contributed by atoms with Crippen LogP contribution in [-0.2, 0) is 4.74 Å². The molecule has 0 aromatic heterocycles. The second kappa shape index (κ2) is 5.13. The Labute approximate surface area is 104 Å². The first kappa shape index (κ1) is 11.8. The lowest BCUT2D eigenvalue weighted by Gasteiger charge is -2.24. The minimum absolute atomic E-state index is 0.0686. The number of halogens is 2. The van der Waals surface area contributed by atoms with Crippen LogP contribution in [0, 0.1) is 0 Å². The number of ether oxygens (including phenoxy) is 1. The van der Waals surface area contributed by atoms with Gasteiger partial charge in [0.25, 0.3) is 0 Å². The van der Waals surface area contributed by atoms with E-state index < -0.39 is 0 Å². The molecule has 2 rings (SSSR count). The van der Waals surface area contributed by atoms with Gasteiger partial charge in [0.15, 0.2) is 5.75 Å². The number of hydrogen-bond donors (Lipinski definition) is 2. The summed E-state index contributed by atoms with van der Waals surface area (Å²) in [6.45, 7) is 1.55. The van der Waals surface area contributed by atoms with Crippen molar-refractivity contribution >= 4 is 28.9 Å². The molecule has 0 unspecified atom stereocenters. The monoisotopic (exact) mass is 261 g/mol. The van der Waals surface area contributed by atoms with Crippen LogP contribution in [0.1, 0.15) is 12.8 Å². The number of anilines is 1. The second-order valence-corrected chi connectivity index (χ2v) is 4.63. The maximum Gasteiger partial charge on any atom is 0.152 e. The molecule has 1 aliphatic heterocycles. The first-order valence-electron chi connectivity index (χ1n) is 5.19. The van der Waals surface area contributed by atoms with Gasteiger partial charge in [-0.25, -0.2) is 0 Å². The molecule has 5 heteroatoms. The summed E-state index contributed by atoms with van der Waals surface area (Å²) >= 11 is 11.7. The number of nitrogens with one attached hydrogen (secondary N) is 1. The summed E-state index contributed by atoms with van der Waals surface area (Å²) in [6, 6.07) is 3.74. The molecular weight excluding hydrogens is 249 g/mol. The van der Waals surface area contributed by atoms with Crippen molar-refractivity contribution in [2.45, 2.75) is 18.9 Å². The highest BCUT2D eigenvalue weighted by Crippen LogP contribution is 2.35. The van der Waals surface area contributed by atoms with Gasteiger partial charge < -0.3 is 15.2 Å². The zero-order chi connectivity index (χ0) is 11.5. The van der Waals surface area contributed by atoms with E-state index in [0.29, 0.717) is 6.04 Å². The fourth-order valence-corrected chi connectivity index (χ4v) is 2.21. The molecular formula is C11H13Cl2NO2. The van der Waals surface area contributed by atoms with Crippen molar-refractivity contribution in [3.05, 3.63) is 22.2 Å². The van der Waals surface area contributed by atoms with Crippen molar-refractivity contribution < 1.29 is 9.84 Å². The summed E-state index contributed by atoms with van der Waals surface area (Å²) < 4.78 is 5.27. The molecule has 1 saturated heterocycles. The van der Waals surface area contributed by atoms with Crippen LogP contribution < -0.4 is 5.32 Å². The van der Waals surface area contributed by atoms with Gasteiger partial charge in [0, 0.05) is 24.9 Å².